The van der Waals surface area contributed by atoms with Crippen LogP contribution in [0.3, 0.4) is 0 Å². The van der Waals surface area contributed by atoms with Gasteiger partial charge in [-0.15, -0.1) is 0 Å². The number of likely N-dealkylation sites (tertiary alicyclic amines) is 2. The predicted molar refractivity (Wildman–Crippen MR) is 253 cm³/mol. The number of aromatic nitrogens is 2. The van der Waals surface area contributed by atoms with Crippen molar-refractivity contribution in [1.29, 1.82) is 0 Å². The molecule has 14 nitrogen and oxygen atoms in total. The van der Waals surface area contributed by atoms with Gasteiger partial charge >= 0.3 is 5.97 Å². The number of cyclic esters (lactones) is 1. The second kappa shape index (κ2) is 19.7. The number of methoxy groups -OCH3 is 1. The number of fused-ring (bicyclic) bond motifs is 6. The van der Waals surface area contributed by atoms with E-state index in [2.05, 4.69) is 89.2 Å². The Labute approximate surface area is 388 Å². The minimum absolute atomic E-state index is 0.0307. The number of aryl methyl sites for hydroxylation is 1. The largest absolute Gasteiger partial charge is 0.464 e. The van der Waals surface area contributed by atoms with Gasteiger partial charge in [-0.3, -0.25) is 34.1 Å². The highest BCUT2D eigenvalue weighted by Gasteiger charge is 2.36. The van der Waals surface area contributed by atoms with Crippen LogP contribution in [0.1, 0.15) is 90.2 Å². The number of hydrogen-bond donors (Lipinski definition) is 2. The lowest BCUT2D eigenvalue weighted by molar-refractivity contribution is -0.155. The molecule has 66 heavy (non-hydrogen) atoms. The number of esters is 1. The molecule has 0 saturated carbocycles. The smallest absolute Gasteiger partial charge is 0.324 e. The minimum atomic E-state index is -0.929. The number of carbonyl (C=O) groups is 4. The second-order valence-corrected chi connectivity index (χ2v) is 19.5. The van der Waals surface area contributed by atoms with Crippen molar-refractivity contribution in [3.05, 3.63) is 77.6 Å². The van der Waals surface area contributed by atoms with Gasteiger partial charge in [0, 0.05) is 87.3 Å². The van der Waals surface area contributed by atoms with E-state index >= 15 is 0 Å². The highest BCUT2D eigenvalue weighted by atomic mass is 16.5. The van der Waals surface area contributed by atoms with Crippen molar-refractivity contribution in [3.8, 4) is 34.2 Å². The van der Waals surface area contributed by atoms with Crippen LogP contribution in [-0.4, -0.2) is 125 Å². The minimum Gasteiger partial charge on any atom is -0.464 e. The Kier molecular flexibility index (Phi) is 14.0. The van der Waals surface area contributed by atoms with Crippen LogP contribution in [0.2, 0.25) is 0 Å². The summed E-state index contributed by atoms with van der Waals surface area (Å²) < 4.78 is 20.2. The maximum Gasteiger partial charge on any atom is 0.324 e. The Morgan fingerprint density at radius 3 is 2.58 bits per heavy atom. The fourth-order valence-corrected chi connectivity index (χ4v) is 9.52. The number of nitrogens with one attached hydrogen (secondary N) is 2. The Balaban J connectivity index is 1.04. The fourth-order valence-electron chi connectivity index (χ4n) is 9.52. The van der Waals surface area contributed by atoms with E-state index < -0.39 is 23.5 Å². The third-order valence-electron chi connectivity index (χ3n) is 13.6. The number of amides is 3. The van der Waals surface area contributed by atoms with Crippen LogP contribution in [-0.2, 0) is 52.8 Å². The van der Waals surface area contributed by atoms with Gasteiger partial charge in [-0.1, -0.05) is 50.1 Å². The molecule has 4 aromatic rings. The molecule has 0 spiro atoms. The zero-order chi connectivity index (χ0) is 46.8. The number of carbonyl (C=O) groups excluding carboxylic acids is 4. The van der Waals surface area contributed by atoms with Crippen molar-refractivity contribution < 1.29 is 33.4 Å². The number of benzene rings is 2. The molecule has 4 aliphatic heterocycles. The Morgan fingerprint density at radius 1 is 1.05 bits per heavy atom. The van der Waals surface area contributed by atoms with Crippen LogP contribution in [0.4, 0.5) is 0 Å². The molecule has 350 valence electrons. The Morgan fingerprint density at radius 2 is 1.83 bits per heavy atom. The summed E-state index contributed by atoms with van der Waals surface area (Å²) >= 11 is 0. The molecular formula is C52H65N7O7. The first kappa shape index (κ1) is 46.9. The molecule has 2 N–H and O–H groups in total. The van der Waals surface area contributed by atoms with Crippen LogP contribution < -0.4 is 10.7 Å². The van der Waals surface area contributed by atoms with Crippen LogP contribution in [0, 0.1) is 17.3 Å². The summed E-state index contributed by atoms with van der Waals surface area (Å²) in [6.07, 6.45) is 4.48. The van der Waals surface area contributed by atoms with E-state index in [4.69, 9.17) is 19.2 Å². The van der Waals surface area contributed by atoms with Gasteiger partial charge in [0.2, 0.25) is 5.91 Å². The van der Waals surface area contributed by atoms with Gasteiger partial charge in [0.25, 0.3) is 11.8 Å². The van der Waals surface area contributed by atoms with Gasteiger partial charge in [-0.2, -0.15) is 0 Å². The molecule has 6 bridgehead atoms. The van der Waals surface area contributed by atoms with Crippen molar-refractivity contribution in [2.45, 2.75) is 116 Å². The van der Waals surface area contributed by atoms with Crippen molar-refractivity contribution in [1.82, 2.24) is 35.1 Å². The van der Waals surface area contributed by atoms with Crippen LogP contribution in [0.25, 0.3) is 33.3 Å². The third-order valence-corrected chi connectivity index (χ3v) is 13.6. The summed E-state index contributed by atoms with van der Waals surface area (Å²) in [6.45, 7) is 16.7. The summed E-state index contributed by atoms with van der Waals surface area (Å²) in [7, 11) is 1.70. The van der Waals surface area contributed by atoms with Gasteiger partial charge < -0.3 is 29.0 Å². The van der Waals surface area contributed by atoms with Gasteiger partial charge in [0.05, 0.1) is 42.3 Å². The summed E-state index contributed by atoms with van der Waals surface area (Å²) in [5.74, 6) is 4.63. The van der Waals surface area contributed by atoms with E-state index in [1.165, 1.54) is 5.01 Å². The highest BCUT2D eigenvalue weighted by molar-refractivity contribution is 5.96. The first-order chi connectivity index (χ1) is 31.6. The van der Waals surface area contributed by atoms with E-state index in [9.17, 15) is 19.2 Å². The van der Waals surface area contributed by atoms with Crippen molar-refractivity contribution >= 4 is 34.6 Å². The predicted octanol–water partition coefficient (Wildman–Crippen LogP) is 5.85. The van der Waals surface area contributed by atoms with Crippen molar-refractivity contribution in [2.75, 3.05) is 53.0 Å². The average Bonchev–Trinajstić information content (AvgIpc) is 3.57. The number of nitrogens with zero attached hydrogens (tertiary/aromatic N) is 5. The number of hydrazine groups is 1. The molecule has 6 heterocycles. The molecule has 3 atom stereocenters. The maximum atomic E-state index is 14.4. The molecule has 0 radical (unpaired) electrons. The molecule has 14 heteroatoms. The molecule has 0 unspecified atom stereocenters. The zero-order valence-electron chi connectivity index (χ0n) is 39.6. The lowest BCUT2D eigenvalue weighted by Crippen LogP contribution is -2.60. The van der Waals surface area contributed by atoms with Crippen LogP contribution >= 0.6 is 0 Å². The molecular weight excluding hydrogens is 835 g/mol. The molecule has 2 aromatic heterocycles. The number of pyridine rings is 1. The normalized spacial score (nSPS) is 20.9. The average molecular weight is 900 g/mol. The number of rotatable bonds is 10. The zero-order valence-corrected chi connectivity index (χ0v) is 39.6. The quantitative estimate of drug-likeness (QED) is 0.147. The monoisotopic (exact) mass is 899 g/mol. The fraction of sp³-hybridized carbons (Fsp3) is 0.519. The molecule has 3 amide bonds. The molecule has 0 aliphatic carbocycles. The summed E-state index contributed by atoms with van der Waals surface area (Å²) in [5.41, 5.74) is 10.3. The van der Waals surface area contributed by atoms with Gasteiger partial charge in [-0.05, 0) is 106 Å². The van der Waals surface area contributed by atoms with Crippen molar-refractivity contribution in [2.24, 2.45) is 5.41 Å². The van der Waals surface area contributed by atoms with Gasteiger partial charge in [0.1, 0.15) is 12.1 Å². The van der Waals surface area contributed by atoms with Gasteiger partial charge in [0.15, 0.2) is 0 Å². The topological polar surface area (TPSA) is 148 Å². The Bertz CT molecular complexity index is 2530. The molecule has 4 aliphatic rings. The Hall–Kier alpha value is -5.59. The molecule has 2 aromatic carbocycles. The van der Waals surface area contributed by atoms with E-state index in [-0.39, 0.29) is 61.5 Å². The molecule has 3 saturated heterocycles. The highest BCUT2D eigenvalue weighted by Crippen LogP contribution is 2.42. The summed E-state index contributed by atoms with van der Waals surface area (Å²) in [6, 6.07) is 17.1. The summed E-state index contributed by atoms with van der Waals surface area (Å²) in [4.78, 5) is 63.3. The van der Waals surface area contributed by atoms with Crippen LogP contribution in [0.5, 0.6) is 0 Å². The van der Waals surface area contributed by atoms with E-state index in [0.29, 0.717) is 38.9 Å². The molecule has 8 rings (SSSR count). The maximum absolute atomic E-state index is 14.4. The number of ether oxygens (including phenoxy) is 3. The first-order valence-electron chi connectivity index (χ1n) is 23.6. The van der Waals surface area contributed by atoms with E-state index in [1.54, 1.807) is 18.2 Å². The van der Waals surface area contributed by atoms with E-state index in [0.717, 1.165) is 76.2 Å². The number of hydrogen-bond acceptors (Lipinski definition) is 10. The second-order valence-electron chi connectivity index (χ2n) is 19.5. The lowest BCUT2D eigenvalue weighted by atomic mass is 9.84. The lowest BCUT2D eigenvalue weighted by Gasteiger charge is -2.41. The SMILES string of the molecule is CCn1c(-c2cccnc2[C@H](C)OC)c2c3cc(ccc31)-c1cccc(c1)C[C@H](NC(=O)CCOC1CN(C(=O)C#CC(C)(C)N3CCC3)C1)C(=O)N1CCC[C@H](N1)C(=O)OCC(C)(C)C2. The van der Waals surface area contributed by atoms with Crippen LogP contribution in [0.15, 0.2) is 60.8 Å². The standard InChI is InChI=1S/C52H65N7O7/c1-8-58-44-18-17-37-29-40(44)41(48(58)39-15-10-22-53-47(39)34(2)64-7)30-51(3,4)33-66-50(63)42-16-11-25-59(55-42)49(62)43(28-35-13-9-14-36(37)27-35)54-45(60)20-26-65-38-31-56(32-38)46(61)19-21-52(5,6)57-23-12-24-57/h9-10,13-15,17-18,22,27,29,34,38,42-43,55H,8,11-12,16,20,23-26,28,30-33H2,1-7H3,(H,54,60)/t34-,42-,43-/m0/s1. The van der Waals surface area contributed by atoms with Gasteiger partial charge in [-0.25, -0.2) is 5.43 Å². The van der Waals surface area contributed by atoms with Crippen molar-refractivity contribution in [3.63, 3.8) is 0 Å². The summed E-state index contributed by atoms with van der Waals surface area (Å²) in [5, 5.41) is 5.57. The first-order valence-corrected chi connectivity index (χ1v) is 23.6. The van der Waals surface area contributed by atoms with E-state index in [1.807, 2.05) is 39.0 Å². The third kappa shape index (κ3) is 10.2. The molecule has 3 fully saturated rings.